The smallest absolute Gasteiger partial charge is 0.125 e. The number of hydrogen-bond donors (Lipinski definition) is 1. The molecule has 0 bridgehead atoms. The van der Waals surface area contributed by atoms with Gasteiger partial charge in [0, 0.05) is 10.6 Å². The maximum absolute atomic E-state index is 5.76. The summed E-state index contributed by atoms with van der Waals surface area (Å²) in [6.45, 7) is 0. The van der Waals surface area contributed by atoms with Crippen LogP contribution in [-0.2, 0) is 0 Å². The van der Waals surface area contributed by atoms with Gasteiger partial charge in [-0.2, -0.15) is 0 Å². The van der Waals surface area contributed by atoms with E-state index in [1.165, 1.54) is 11.3 Å². The van der Waals surface area contributed by atoms with Crippen molar-refractivity contribution in [2.45, 2.75) is 0 Å². The van der Waals surface area contributed by atoms with E-state index in [1.54, 1.807) is 6.20 Å². The monoisotopic (exact) mass is 210 g/mol. The lowest BCUT2D eigenvalue weighted by molar-refractivity contribution is 1.41. The molecule has 0 fully saturated rings. The molecule has 2 N–H and O–H groups in total. The SMILES string of the molecule is Nc1cnc(-c2ccc(Cl)cc2)s1. The highest BCUT2D eigenvalue weighted by Gasteiger charge is 2.01. The molecule has 0 spiro atoms. The normalized spacial score (nSPS) is 10.2. The van der Waals surface area contributed by atoms with Crippen molar-refractivity contribution in [2.75, 3.05) is 5.73 Å². The molecule has 0 radical (unpaired) electrons. The number of thiazole rings is 1. The van der Waals surface area contributed by atoms with Crippen LogP contribution in [0.3, 0.4) is 0 Å². The molecule has 0 amide bonds. The highest BCUT2D eigenvalue weighted by atomic mass is 35.5. The van der Waals surface area contributed by atoms with Crippen LogP contribution < -0.4 is 5.73 Å². The first-order valence-electron chi connectivity index (χ1n) is 3.73. The fourth-order valence-electron chi connectivity index (χ4n) is 1.01. The van der Waals surface area contributed by atoms with Crippen LogP contribution in [0, 0.1) is 0 Å². The summed E-state index contributed by atoms with van der Waals surface area (Å²) in [6.07, 6.45) is 1.66. The molecule has 0 aliphatic heterocycles. The Hall–Kier alpha value is -1.06. The predicted octanol–water partition coefficient (Wildman–Crippen LogP) is 3.05. The third kappa shape index (κ3) is 1.82. The van der Waals surface area contributed by atoms with Gasteiger partial charge in [0.2, 0.25) is 0 Å². The molecule has 4 heteroatoms. The zero-order chi connectivity index (χ0) is 9.26. The molecule has 0 unspecified atom stereocenters. The summed E-state index contributed by atoms with van der Waals surface area (Å²) in [7, 11) is 0. The van der Waals surface area contributed by atoms with Crippen LogP contribution in [0.5, 0.6) is 0 Å². The van der Waals surface area contributed by atoms with Crippen LogP contribution in [0.4, 0.5) is 5.00 Å². The van der Waals surface area contributed by atoms with Gasteiger partial charge in [-0.25, -0.2) is 4.98 Å². The maximum Gasteiger partial charge on any atom is 0.125 e. The Labute approximate surface area is 85.0 Å². The molecule has 0 aliphatic carbocycles. The van der Waals surface area contributed by atoms with Crippen molar-refractivity contribution in [3.05, 3.63) is 35.5 Å². The van der Waals surface area contributed by atoms with E-state index in [0.29, 0.717) is 0 Å². The van der Waals surface area contributed by atoms with E-state index in [2.05, 4.69) is 4.98 Å². The summed E-state index contributed by atoms with van der Waals surface area (Å²) in [5, 5.41) is 2.38. The van der Waals surface area contributed by atoms with E-state index in [-0.39, 0.29) is 0 Å². The van der Waals surface area contributed by atoms with Gasteiger partial charge in [0.15, 0.2) is 0 Å². The average Bonchev–Trinajstić information content (AvgIpc) is 2.53. The fourth-order valence-corrected chi connectivity index (χ4v) is 1.83. The number of rotatable bonds is 1. The van der Waals surface area contributed by atoms with Crippen molar-refractivity contribution in [1.82, 2.24) is 4.98 Å². The van der Waals surface area contributed by atoms with E-state index in [4.69, 9.17) is 17.3 Å². The fraction of sp³-hybridized carbons (Fsp3) is 0. The zero-order valence-corrected chi connectivity index (χ0v) is 8.27. The van der Waals surface area contributed by atoms with Crippen LogP contribution in [-0.4, -0.2) is 4.98 Å². The van der Waals surface area contributed by atoms with Gasteiger partial charge >= 0.3 is 0 Å². The summed E-state index contributed by atoms with van der Waals surface area (Å²) >= 11 is 7.23. The number of halogens is 1. The lowest BCUT2D eigenvalue weighted by Crippen LogP contribution is -1.73. The Morgan fingerprint density at radius 1 is 1.23 bits per heavy atom. The highest BCUT2D eigenvalue weighted by molar-refractivity contribution is 7.18. The topological polar surface area (TPSA) is 38.9 Å². The summed E-state index contributed by atoms with van der Waals surface area (Å²) in [5.41, 5.74) is 6.62. The first-order chi connectivity index (χ1) is 6.25. The van der Waals surface area contributed by atoms with Crippen molar-refractivity contribution >= 4 is 27.9 Å². The van der Waals surface area contributed by atoms with Crippen molar-refractivity contribution < 1.29 is 0 Å². The maximum atomic E-state index is 5.76. The van der Waals surface area contributed by atoms with Crippen LogP contribution in [0.15, 0.2) is 30.5 Å². The molecule has 2 nitrogen and oxygen atoms in total. The minimum Gasteiger partial charge on any atom is -0.389 e. The van der Waals surface area contributed by atoms with Gasteiger partial charge in [0.1, 0.15) is 10.0 Å². The molecule has 2 aromatic rings. The highest BCUT2D eigenvalue weighted by Crippen LogP contribution is 2.27. The molecule has 66 valence electrons. The largest absolute Gasteiger partial charge is 0.389 e. The first kappa shape index (κ1) is 8.53. The summed E-state index contributed by atoms with van der Waals surface area (Å²) in [4.78, 5) is 4.17. The van der Waals surface area contributed by atoms with Gasteiger partial charge < -0.3 is 5.73 Å². The lowest BCUT2D eigenvalue weighted by Gasteiger charge is -1.94. The molecule has 0 saturated heterocycles. The predicted molar refractivity (Wildman–Crippen MR) is 57.0 cm³/mol. The molecule has 0 saturated carbocycles. The number of nitrogen functional groups attached to an aromatic ring is 1. The van der Waals surface area contributed by atoms with Crippen LogP contribution in [0.1, 0.15) is 0 Å². The molecular weight excluding hydrogens is 204 g/mol. The molecule has 1 heterocycles. The number of aromatic nitrogens is 1. The Bertz CT molecular complexity index is 408. The molecule has 0 aliphatic rings. The van der Waals surface area contributed by atoms with Gasteiger partial charge in [0.25, 0.3) is 0 Å². The Morgan fingerprint density at radius 2 is 1.92 bits per heavy atom. The van der Waals surface area contributed by atoms with Gasteiger partial charge in [0.05, 0.1) is 6.20 Å². The Kier molecular flexibility index (Phi) is 2.20. The second kappa shape index (κ2) is 3.36. The number of benzene rings is 1. The molecular formula is C9H7ClN2S. The van der Waals surface area contributed by atoms with Crippen LogP contribution in [0.2, 0.25) is 5.02 Å². The second-order valence-corrected chi connectivity index (χ2v) is 4.07. The van der Waals surface area contributed by atoms with Crippen molar-refractivity contribution in [3.63, 3.8) is 0 Å². The zero-order valence-electron chi connectivity index (χ0n) is 6.70. The second-order valence-electron chi connectivity index (χ2n) is 2.57. The van der Waals surface area contributed by atoms with Gasteiger partial charge in [-0.3, -0.25) is 0 Å². The minimum absolute atomic E-state index is 0.727. The molecule has 0 atom stereocenters. The lowest BCUT2D eigenvalue weighted by atomic mass is 10.2. The molecule has 1 aromatic carbocycles. The number of nitrogens with two attached hydrogens (primary N) is 1. The van der Waals surface area contributed by atoms with Crippen molar-refractivity contribution in [3.8, 4) is 10.6 Å². The third-order valence-electron chi connectivity index (χ3n) is 1.61. The third-order valence-corrected chi connectivity index (χ3v) is 2.74. The standard InChI is InChI=1S/C9H7ClN2S/c10-7-3-1-6(2-4-7)9-12-5-8(11)13-9/h1-5H,11H2. The van der Waals surface area contributed by atoms with E-state index in [0.717, 1.165) is 20.6 Å². The summed E-state index contributed by atoms with van der Waals surface area (Å²) < 4.78 is 0. The van der Waals surface area contributed by atoms with Crippen molar-refractivity contribution in [1.29, 1.82) is 0 Å². The Balaban J connectivity index is 2.41. The molecule has 13 heavy (non-hydrogen) atoms. The van der Waals surface area contributed by atoms with E-state index >= 15 is 0 Å². The number of hydrogen-bond acceptors (Lipinski definition) is 3. The van der Waals surface area contributed by atoms with Gasteiger partial charge in [-0.1, -0.05) is 35.1 Å². The molecule has 2 rings (SSSR count). The molecule has 1 aromatic heterocycles. The van der Waals surface area contributed by atoms with E-state index in [9.17, 15) is 0 Å². The quantitative estimate of drug-likeness (QED) is 0.786. The number of anilines is 1. The van der Waals surface area contributed by atoms with Crippen LogP contribution in [0.25, 0.3) is 10.6 Å². The number of nitrogens with zero attached hydrogens (tertiary/aromatic N) is 1. The van der Waals surface area contributed by atoms with E-state index < -0.39 is 0 Å². The van der Waals surface area contributed by atoms with Gasteiger partial charge in [-0.05, 0) is 12.1 Å². The summed E-state index contributed by atoms with van der Waals surface area (Å²) in [5.74, 6) is 0. The summed E-state index contributed by atoms with van der Waals surface area (Å²) in [6, 6.07) is 7.55. The average molecular weight is 211 g/mol. The van der Waals surface area contributed by atoms with Gasteiger partial charge in [-0.15, -0.1) is 0 Å². The Morgan fingerprint density at radius 3 is 2.46 bits per heavy atom. The minimum atomic E-state index is 0.727. The first-order valence-corrected chi connectivity index (χ1v) is 4.92. The van der Waals surface area contributed by atoms with Crippen LogP contribution >= 0.6 is 22.9 Å². The van der Waals surface area contributed by atoms with Crippen molar-refractivity contribution in [2.24, 2.45) is 0 Å². The van der Waals surface area contributed by atoms with E-state index in [1.807, 2.05) is 24.3 Å².